The van der Waals surface area contributed by atoms with Gasteiger partial charge in [-0.05, 0) is 36.8 Å². The quantitative estimate of drug-likeness (QED) is 0.747. The Morgan fingerprint density at radius 3 is 2.35 bits per heavy atom. The normalized spacial score (nSPS) is 17.3. The molecule has 1 aliphatic heterocycles. The van der Waals surface area contributed by atoms with Crippen molar-refractivity contribution in [1.82, 2.24) is 4.90 Å². The predicted octanol–water partition coefficient (Wildman–Crippen LogP) is 1.65. The molecule has 26 heavy (non-hydrogen) atoms. The third kappa shape index (κ3) is 5.70. The minimum Gasteiger partial charge on any atom is -0.343 e. The number of likely N-dealkylation sites (tertiary alicyclic amines) is 1. The lowest BCUT2D eigenvalue weighted by Crippen LogP contribution is -2.44. The van der Waals surface area contributed by atoms with E-state index in [-0.39, 0.29) is 36.0 Å². The number of hydrogen-bond donors (Lipinski definition) is 1. The van der Waals surface area contributed by atoms with Crippen molar-refractivity contribution in [2.45, 2.75) is 31.7 Å². The Bertz CT molecular complexity index is 763. The van der Waals surface area contributed by atoms with Gasteiger partial charge in [0.1, 0.15) is 15.7 Å². The average Bonchev–Trinajstić information content (AvgIpc) is 2.57. The lowest BCUT2D eigenvalue weighted by Gasteiger charge is -2.35. The first-order valence-electron chi connectivity index (χ1n) is 8.41. The summed E-state index contributed by atoms with van der Waals surface area (Å²) < 4.78 is 62.3. The first-order valence-corrected chi connectivity index (χ1v) is 10.5. The number of piperidine rings is 1. The fourth-order valence-corrected chi connectivity index (χ4v) is 3.69. The summed E-state index contributed by atoms with van der Waals surface area (Å²) in [5.41, 5.74) is 6.14. The Morgan fingerprint density at radius 1 is 1.19 bits per heavy atom. The number of carbonyl (C=O) groups is 1. The van der Waals surface area contributed by atoms with E-state index in [4.69, 9.17) is 5.73 Å². The zero-order valence-electron chi connectivity index (χ0n) is 14.6. The largest absolute Gasteiger partial charge is 0.343 e. The third-order valence-corrected chi connectivity index (χ3v) is 5.68. The first-order chi connectivity index (χ1) is 12.1. The van der Waals surface area contributed by atoms with E-state index >= 15 is 0 Å². The number of carbonyl (C=O) groups excluding carboxylic acids is 1. The van der Waals surface area contributed by atoms with Gasteiger partial charge in [0.05, 0.1) is 5.75 Å². The van der Waals surface area contributed by atoms with Crippen molar-refractivity contribution < 1.29 is 26.4 Å². The fourth-order valence-electron chi connectivity index (χ4n) is 3.15. The molecule has 2 rings (SSSR count). The van der Waals surface area contributed by atoms with Crippen LogP contribution < -0.4 is 5.73 Å². The van der Waals surface area contributed by atoms with Crippen LogP contribution in [0.4, 0.5) is 13.2 Å². The van der Waals surface area contributed by atoms with E-state index in [0.717, 1.165) is 12.3 Å². The van der Waals surface area contributed by atoms with E-state index in [1.54, 1.807) is 4.90 Å². The Kier molecular flexibility index (Phi) is 6.68. The maximum Gasteiger partial charge on any atom is 0.223 e. The minimum atomic E-state index is -3.19. The van der Waals surface area contributed by atoms with Crippen LogP contribution >= 0.6 is 0 Å². The van der Waals surface area contributed by atoms with Gasteiger partial charge in [0, 0.05) is 37.9 Å². The Labute approximate surface area is 151 Å². The average molecular weight is 392 g/mol. The SMILES string of the molecule is CS(=O)(=O)CCC(=O)N1CCC([C@H](N)Cc2cc(F)c(F)cc2F)CC1. The van der Waals surface area contributed by atoms with Gasteiger partial charge in [-0.1, -0.05) is 0 Å². The van der Waals surface area contributed by atoms with E-state index in [2.05, 4.69) is 0 Å². The van der Waals surface area contributed by atoms with Crippen LogP contribution in [-0.2, 0) is 21.1 Å². The Morgan fingerprint density at radius 2 is 1.77 bits per heavy atom. The highest BCUT2D eigenvalue weighted by Gasteiger charge is 2.27. The van der Waals surface area contributed by atoms with Crippen LogP contribution in [0.15, 0.2) is 12.1 Å². The molecule has 0 aromatic heterocycles. The predicted molar refractivity (Wildman–Crippen MR) is 91.6 cm³/mol. The van der Waals surface area contributed by atoms with E-state index in [0.29, 0.717) is 32.0 Å². The molecule has 1 atom stereocenters. The zero-order valence-corrected chi connectivity index (χ0v) is 15.4. The maximum absolute atomic E-state index is 13.7. The van der Waals surface area contributed by atoms with Crippen molar-refractivity contribution >= 4 is 15.7 Å². The van der Waals surface area contributed by atoms with Crippen molar-refractivity contribution in [2.24, 2.45) is 11.7 Å². The molecular weight excluding hydrogens is 369 g/mol. The third-order valence-electron chi connectivity index (χ3n) is 4.73. The second kappa shape index (κ2) is 8.39. The van der Waals surface area contributed by atoms with E-state index in [9.17, 15) is 26.4 Å². The summed E-state index contributed by atoms with van der Waals surface area (Å²) in [5, 5.41) is 0. The van der Waals surface area contributed by atoms with Gasteiger partial charge in [-0.25, -0.2) is 21.6 Å². The molecule has 1 aromatic carbocycles. The summed E-state index contributed by atoms with van der Waals surface area (Å²) in [7, 11) is -3.19. The van der Waals surface area contributed by atoms with Crippen LogP contribution in [0.1, 0.15) is 24.8 Å². The van der Waals surface area contributed by atoms with Crippen molar-refractivity contribution in [1.29, 1.82) is 0 Å². The monoisotopic (exact) mass is 392 g/mol. The second-order valence-corrected chi connectivity index (χ2v) is 9.08. The van der Waals surface area contributed by atoms with Crippen LogP contribution in [0.5, 0.6) is 0 Å². The van der Waals surface area contributed by atoms with Crippen molar-refractivity contribution in [3.05, 3.63) is 35.1 Å². The van der Waals surface area contributed by atoms with Crippen LogP contribution in [0.3, 0.4) is 0 Å². The smallest absolute Gasteiger partial charge is 0.223 e. The van der Waals surface area contributed by atoms with Crippen molar-refractivity contribution in [3.63, 3.8) is 0 Å². The molecule has 1 aliphatic rings. The summed E-state index contributed by atoms with van der Waals surface area (Å²) in [6.07, 6.45) is 2.31. The molecule has 1 fully saturated rings. The molecule has 2 N–H and O–H groups in total. The standard InChI is InChI=1S/C17H23F3N2O3S/c1-26(24,25)7-4-17(23)22-5-2-11(3-6-22)16(21)9-12-8-14(19)15(20)10-13(12)18/h8,10-11,16H,2-7,9,21H2,1H3/t16-/m1/s1. The van der Waals surface area contributed by atoms with Gasteiger partial charge in [0.15, 0.2) is 11.6 Å². The maximum atomic E-state index is 13.7. The fraction of sp³-hybridized carbons (Fsp3) is 0.588. The molecule has 5 nitrogen and oxygen atoms in total. The molecule has 146 valence electrons. The lowest BCUT2D eigenvalue weighted by atomic mass is 9.86. The molecule has 0 radical (unpaired) electrons. The molecule has 1 amide bonds. The highest BCUT2D eigenvalue weighted by Crippen LogP contribution is 2.24. The molecule has 0 aliphatic carbocycles. The molecule has 0 unspecified atom stereocenters. The lowest BCUT2D eigenvalue weighted by molar-refractivity contribution is -0.132. The summed E-state index contributed by atoms with van der Waals surface area (Å²) in [4.78, 5) is 13.6. The molecule has 9 heteroatoms. The highest BCUT2D eigenvalue weighted by atomic mass is 32.2. The highest BCUT2D eigenvalue weighted by molar-refractivity contribution is 7.90. The first kappa shape index (κ1) is 20.7. The Balaban J connectivity index is 1.87. The van der Waals surface area contributed by atoms with Crippen LogP contribution in [0.25, 0.3) is 0 Å². The number of nitrogens with zero attached hydrogens (tertiary/aromatic N) is 1. The van der Waals surface area contributed by atoms with Crippen molar-refractivity contribution in [2.75, 3.05) is 25.1 Å². The molecule has 1 heterocycles. The zero-order chi connectivity index (χ0) is 19.5. The Hall–Kier alpha value is -1.61. The summed E-state index contributed by atoms with van der Waals surface area (Å²) in [6.45, 7) is 0.891. The van der Waals surface area contributed by atoms with Gasteiger partial charge in [0.2, 0.25) is 5.91 Å². The summed E-state index contributed by atoms with van der Waals surface area (Å²) in [5.74, 6) is -3.55. The van der Waals surface area contributed by atoms with Crippen LogP contribution in [0.2, 0.25) is 0 Å². The number of benzene rings is 1. The topological polar surface area (TPSA) is 80.5 Å². The molecule has 1 saturated heterocycles. The number of sulfone groups is 1. The second-order valence-electron chi connectivity index (χ2n) is 6.82. The number of amides is 1. The van der Waals surface area contributed by atoms with Gasteiger partial charge in [-0.15, -0.1) is 0 Å². The van der Waals surface area contributed by atoms with E-state index < -0.39 is 33.3 Å². The van der Waals surface area contributed by atoms with Gasteiger partial charge in [-0.2, -0.15) is 0 Å². The van der Waals surface area contributed by atoms with Gasteiger partial charge < -0.3 is 10.6 Å². The van der Waals surface area contributed by atoms with E-state index in [1.807, 2.05) is 0 Å². The van der Waals surface area contributed by atoms with Crippen LogP contribution in [-0.4, -0.2) is 50.4 Å². The number of halogens is 3. The van der Waals surface area contributed by atoms with Crippen molar-refractivity contribution in [3.8, 4) is 0 Å². The van der Waals surface area contributed by atoms with Gasteiger partial charge in [0.25, 0.3) is 0 Å². The van der Waals surface area contributed by atoms with Gasteiger partial charge in [-0.3, -0.25) is 4.79 Å². The van der Waals surface area contributed by atoms with Gasteiger partial charge >= 0.3 is 0 Å². The molecule has 1 aromatic rings. The summed E-state index contributed by atoms with van der Waals surface area (Å²) in [6, 6.07) is 0.900. The molecule has 0 bridgehead atoms. The van der Waals surface area contributed by atoms with E-state index in [1.165, 1.54) is 0 Å². The number of nitrogens with two attached hydrogens (primary N) is 1. The number of hydrogen-bond acceptors (Lipinski definition) is 4. The molecule has 0 spiro atoms. The minimum absolute atomic E-state index is 0.0153. The van der Waals surface area contributed by atoms with Crippen LogP contribution in [0, 0.1) is 23.4 Å². The number of rotatable bonds is 6. The molecule has 0 saturated carbocycles. The molecular formula is C17H23F3N2O3S. The summed E-state index contributed by atoms with van der Waals surface area (Å²) >= 11 is 0.